The van der Waals surface area contributed by atoms with E-state index >= 15 is 0 Å². The van der Waals surface area contributed by atoms with Gasteiger partial charge in [-0.25, -0.2) is 0 Å². The molecule has 0 aromatic heterocycles. The zero-order valence-electron chi connectivity index (χ0n) is 10.4. The molecular weight excluding hydrogens is 341 g/mol. The Balaban J connectivity index is 2.15. The lowest BCUT2D eigenvalue weighted by molar-refractivity contribution is -0.125. The van der Waals surface area contributed by atoms with Crippen molar-refractivity contribution in [1.82, 2.24) is 4.90 Å². The lowest BCUT2D eigenvalue weighted by Crippen LogP contribution is -2.44. The molecule has 1 saturated heterocycles. The van der Waals surface area contributed by atoms with E-state index in [9.17, 15) is 9.59 Å². The van der Waals surface area contributed by atoms with Gasteiger partial charge in [0.1, 0.15) is 5.78 Å². The van der Waals surface area contributed by atoms with Gasteiger partial charge in [-0.2, -0.15) is 0 Å². The number of benzene rings is 1. The van der Waals surface area contributed by atoms with Crippen molar-refractivity contribution in [2.75, 3.05) is 13.1 Å². The average Bonchev–Trinajstić information content (AvgIpc) is 2.39. The van der Waals surface area contributed by atoms with Gasteiger partial charge in [-0.3, -0.25) is 9.59 Å². The Hall–Kier alpha value is -0.910. The first kappa shape index (κ1) is 13.5. The molecule has 0 bridgehead atoms. The normalized spacial score (nSPS) is 20.0. The van der Waals surface area contributed by atoms with Crippen LogP contribution in [-0.2, 0) is 4.79 Å². The van der Waals surface area contributed by atoms with E-state index in [4.69, 9.17) is 0 Å². The van der Waals surface area contributed by atoms with E-state index < -0.39 is 0 Å². The molecule has 0 spiro atoms. The molecule has 3 nitrogen and oxygen atoms in total. The van der Waals surface area contributed by atoms with Gasteiger partial charge in [0, 0.05) is 29.0 Å². The summed E-state index contributed by atoms with van der Waals surface area (Å²) in [5, 5.41) is 0. The van der Waals surface area contributed by atoms with E-state index in [2.05, 4.69) is 22.6 Å². The fourth-order valence-corrected chi connectivity index (χ4v) is 2.87. The smallest absolute Gasteiger partial charge is 0.254 e. The van der Waals surface area contributed by atoms with Crippen molar-refractivity contribution < 1.29 is 9.59 Å². The second-order valence-electron chi connectivity index (χ2n) is 4.55. The summed E-state index contributed by atoms with van der Waals surface area (Å²) in [4.78, 5) is 25.9. The molecule has 1 heterocycles. The van der Waals surface area contributed by atoms with Crippen molar-refractivity contribution in [2.24, 2.45) is 5.92 Å². The van der Waals surface area contributed by atoms with Crippen molar-refractivity contribution >= 4 is 34.3 Å². The van der Waals surface area contributed by atoms with Crippen LogP contribution in [0, 0.1) is 9.49 Å². The predicted octanol–water partition coefficient (Wildman–Crippen LogP) is 2.73. The third-order valence-corrected chi connectivity index (χ3v) is 4.35. The van der Waals surface area contributed by atoms with Crippen molar-refractivity contribution in [3.05, 3.63) is 33.4 Å². The molecule has 1 fully saturated rings. The highest BCUT2D eigenvalue weighted by atomic mass is 127. The standard InChI is InChI=1S/C14H16INO2/c1-2-10-9-16(8-7-13(10)17)14(18)11-5-3-4-6-12(11)15/h3-6,10H,2,7-9H2,1H3. The predicted molar refractivity (Wildman–Crippen MR) is 78.5 cm³/mol. The number of likely N-dealkylation sites (tertiary alicyclic amines) is 1. The van der Waals surface area contributed by atoms with E-state index in [-0.39, 0.29) is 11.8 Å². The van der Waals surface area contributed by atoms with Gasteiger partial charge in [-0.05, 0) is 41.1 Å². The monoisotopic (exact) mass is 357 g/mol. The van der Waals surface area contributed by atoms with Crippen LogP contribution in [0.1, 0.15) is 30.1 Å². The number of rotatable bonds is 2. The molecule has 1 aliphatic rings. The number of piperidine rings is 1. The fourth-order valence-electron chi connectivity index (χ4n) is 2.25. The van der Waals surface area contributed by atoms with Gasteiger partial charge in [0.05, 0.1) is 5.56 Å². The molecule has 4 heteroatoms. The van der Waals surface area contributed by atoms with Crippen molar-refractivity contribution in [3.8, 4) is 0 Å². The van der Waals surface area contributed by atoms with Gasteiger partial charge in [-0.1, -0.05) is 19.1 Å². The van der Waals surface area contributed by atoms with Gasteiger partial charge in [0.15, 0.2) is 0 Å². The Bertz CT molecular complexity index is 473. The number of ketones is 1. The highest BCUT2D eigenvalue weighted by molar-refractivity contribution is 14.1. The summed E-state index contributed by atoms with van der Waals surface area (Å²) >= 11 is 2.18. The van der Waals surface area contributed by atoms with Crippen LogP contribution in [0.25, 0.3) is 0 Å². The lowest BCUT2D eigenvalue weighted by atomic mass is 9.93. The van der Waals surface area contributed by atoms with E-state index in [0.29, 0.717) is 25.3 Å². The Labute approximate surface area is 121 Å². The Kier molecular flexibility index (Phi) is 4.37. The molecule has 0 N–H and O–H groups in total. The lowest BCUT2D eigenvalue weighted by Gasteiger charge is -2.31. The summed E-state index contributed by atoms with van der Waals surface area (Å²) in [6.45, 7) is 3.13. The van der Waals surface area contributed by atoms with E-state index in [1.807, 2.05) is 36.1 Å². The fraction of sp³-hybridized carbons (Fsp3) is 0.429. The highest BCUT2D eigenvalue weighted by Crippen LogP contribution is 2.20. The second-order valence-corrected chi connectivity index (χ2v) is 5.71. The number of halogens is 1. The topological polar surface area (TPSA) is 37.4 Å². The molecule has 1 atom stereocenters. The van der Waals surface area contributed by atoms with Gasteiger partial charge >= 0.3 is 0 Å². The van der Waals surface area contributed by atoms with Crippen LogP contribution in [0.15, 0.2) is 24.3 Å². The number of hydrogen-bond acceptors (Lipinski definition) is 2. The Morgan fingerprint density at radius 2 is 2.17 bits per heavy atom. The van der Waals surface area contributed by atoms with Crippen LogP contribution in [0.4, 0.5) is 0 Å². The maximum absolute atomic E-state index is 12.4. The first-order valence-corrected chi connectivity index (χ1v) is 7.28. The highest BCUT2D eigenvalue weighted by Gasteiger charge is 2.29. The van der Waals surface area contributed by atoms with E-state index in [1.54, 1.807) is 0 Å². The first-order chi connectivity index (χ1) is 8.63. The summed E-state index contributed by atoms with van der Waals surface area (Å²) in [6.07, 6.45) is 1.31. The maximum Gasteiger partial charge on any atom is 0.254 e. The molecule has 1 aliphatic heterocycles. The summed E-state index contributed by atoms with van der Waals surface area (Å²) in [6, 6.07) is 7.58. The molecule has 0 aliphatic carbocycles. The molecule has 2 rings (SSSR count). The SMILES string of the molecule is CCC1CN(C(=O)c2ccccc2I)CCC1=O. The van der Waals surface area contributed by atoms with Crippen LogP contribution in [0.5, 0.6) is 0 Å². The van der Waals surface area contributed by atoms with E-state index in [1.165, 1.54) is 0 Å². The number of hydrogen-bond donors (Lipinski definition) is 0. The summed E-state index contributed by atoms with van der Waals surface area (Å²) in [5.74, 6) is 0.360. The zero-order valence-corrected chi connectivity index (χ0v) is 12.5. The summed E-state index contributed by atoms with van der Waals surface area (Å²) < 4.78 is 0.963. The van der Waals surface area contributed by atoms with Crippen LogP contribution in [-0.4, -0.2) is 29.7 Å². The molecular formula is C14H16INO2. The first-order valence-electron chi connectivity index (χ1n) is 6.20. The van der Waals surface area contributed by atoms with E-state index in [0.717, 1.165) is 15.6 Å². The van der Waals surface area contributed by atoms with Gasteiger partial charge in [-0.15, -0.1) is 0 Å². The number of nitrogens with zero attached hydrogens (tertiary/aromatic N) is 1. The summed E-state index contributed by atoms with van der Waals surface area (Å²) in [5.41, 5.74) is 0.738. The summed E-state index contributed by atoms with van der Waals surface area (Å²) in [7, 11) is 0. The molecule has 96 valence electrons. The molecule has 1 unspecified atom stereocenters. The Morgan fingerprint density at radius 1 is 1.44 bits per heavy atom. The largest absolute Gasteiger partial charge is 0.337 e. The van der Waals surface area contributed by atoms with Crippen molar-refractivity contribution in [3.63, 3.8) is 0 Å². The molecule has 1 aromatic carbocycles. The maximum atomic E-state index is 12.4. The zero-order chi connectivity index (χ0) is 13.1. The average molecular weight is 357 g/mol. The van der Waals surface area contributed by atoms with Crippen molar-refractivity contribution in [2.45, 2.75) is 19.8 Å². The number of amides is 1. The number of carbonyl (C=O) groups excluding carboxylic acids is 2. The Morgan fingerprint density at radius 3 is 2.83 bits per heavy atom. The molecule has 18 heavy (non-hydrogen) atoms. The van der Waals surface area contributed by atoms with Crippen LogP contribution >= 0.6 is 22.6 Å². The van der Waals surface area contributed by atoms with Crippen LogP contribution in [0.2, 0.25) is 0 Å². The molecule has 1 aromatic rings. The van der Waals surface area contributed by atoms with Crippen molar-refractivity contribution in [1.29, 1.82) is 0 Å². The minimum Gasteiger partial charge on any atom is -0.337 e. The van der Waals surface area contributed by atoms with Crippen LogP contribution in [0.3, 0.4) is 0 Å². The molecule has 0 saturated carbocycles. The third-order valence-electron chi connectivity index (χ3n) is 3.41. The minimum absolute atomic E-state index is 0.0177. The second kappa shape index (κ2) is 5.82. The van der Waals surface area contributed by atoms with Crippen LogP contribution < -0.4 is 0 Å². The molecule has 0 radical (unpaired) electrons. The quantitative estimate of drug-likeness (QED) is 0.764. The molecule has 1 amide bonds. The third kappa shape index (κ3) is 2.74. The van der Waals surface area contributed by atoms with Gasteiger partial charge in [0.25, 0.3) is 5.91 Å². The van der Waals surface area contributed by atoms with Gasteiger partial charge in [0.2, 0.25) is 0 Å². The minimum atomic E-state index is 0.0177. The number of carbonyl (C=O) groups is 2. The number of Topliss-reactive ketones (excluding diaryl/α,β-unsaturated/α-hetero) is 1. The van der Waals surface area contributed by atoms with Gasteiger partial charge < -0.3 is 4.90 Å².